The Kier molecular flexibility index (Phi) is 2.67. The molecule has 0 saturated heterocycles. The minimum Gasteiger partial charge on any atom is -0.448 e. The molecule has 0 fully saturated rings. The fourth-order valence-electron chi connectivity index (χ4n) is 0.0978. The molecule has 1 N–H and O–H groups in total. The summed E-state index contributed by atoms with van der Waals surface area (Å²) in [6.45, 7) is 1.56. The lowest BCUT2D eigenvalue weighted by Gasteiger charge is -1.81. The van der Waals surface area contributed by atoms with E-state index in [1.165, 1.54) is 6.21 Å². The monoisotopic (exact) mass is 103 g/mol. The molecule has 4 nitrogen and oxygen atoms in total. The van der Waals surface area contributed by atoms with Crippen molar-refractivity contribution in [1.82, 2.24) is 0 Å². The molecule has 0 atom stereocenters. The first-order valence-corrected chi connectivity index (χ1v) is 1.65. The van der Waals surface area contributed by atoms with Crippen molar-refractivity contribution >= 4 is 12.4 Å². The van der Waals surface area contributed by atoms with Gasteiger partial charge < -0.3 is 5.11 Å². The molecule has 0 amide bonds. The predicted octanol–water partition coefficient (Wildman–Crippen LogP) is 0.687. The molecule has 7 heavy (non-hydrogen) atoms. The van der Waals surface area contributed by atoms with Crippen molar-refractivity contribution in [2.24, 2.45) is 5.16 Å². The molecule has 0 radical (unpaired) electrons. The summed E-state index contributed by atoms with van der Waals surface area (Å²) in [5.74, 6) is 0. The molecule has 0 aromatic heterocycles. The Hall–Kier alpha value is -1.06. The Labute approximate surface area is 40.4 Å². The average molecular weight is 103 g/mol. The van der Waals surface area contributed by atoms with Gasteiger partial charge in [0.1, 0.15) is 0 Å². The molecule has 40 valence electrons. The third kappa shape index (κ3) is 4.94. The first-order valence-electron chi connectivity index (χ1n) is 1.65. The third-order valence-electron chi connectivity index (χ3n) is 0.236. The van der Waals surface area contributed by atoms with E-state index >= 15 is 0 Å². The molecule has 0 heterocycles. The molecule has 4 heteroatoms. The molecule has 0 aromatic rings. The smallest absolute Gasteiger partial charge is 0.448 e. The van der Waals surface area contributed by atoms with Crippen LogP contribution in [0.15, 0.2) is 5.16 Å². The molecule has 0 spiro atoms. The summed E-state index contributed by atoms with van der Waals surface area (Å²) in [5, 5.41) is 10.7. The summed E-state index contributed by atoms with van der Waals surface area (Å²) >= 11 is 0. The van der Waals surface area contributed by atoms with Crippen LogP contribution in [0.1, 0.15) is 6.92 Å². The second-order valence-corrected chi connectivity index (χ2v) is 0.721. The third-order valence-corrected chi connectivity index (χ3v) is 0.236. The van der Waals surface area contributed by atoms with Crippen LogP contribution in [0.3, 0.4) is 0 Å². The van der Waals surface area contributed by atoms with Crippen LogP contribution in [0.25, 0.3) is 0 Å². The van der Waals surface area contributed by atoms with Gasteiger partial charge in [-0.3, -0.25) is 4.84 Å². The summed E-state index contributed by atoms with van der Waals surface area (Å²) in [7, 11) is 0. The van der Waals surface area contributed by atoms with Crippen molar-refractivity contribution in [3.63, 3.8) is 0 Å². The molecule has 0 aliphatic rings. The number of oxime groups is 1. The van der Waals surface area contributed by atoms with Gasteiger partial charge in [0.2, 0.25) is 0 Å². The molecular formula is C3H5NO3. The number of nitrogens with zero attached hydrogens (tertiary/aromatic N) is 1. The number of hydrogen-bond acceptors (Lipinski definition) is 3. The fraction of sp³-hybridized carbons (Fsp3) is 0.333. The van der Waals surface area contributed by atoms with Gasteiger partial charge in [-0.25, -0.2) is 4.79 Å². The Bertz CT molecular complexity index is 88.2. The number of carbonyl (C=O) groups is 1. The van der Waals surface area contributed by atoms with Gasteiger partial charge in [0.15, 0.2) is 0 Å². The maximum Gasteiger partial charge on any atom is 0.532 e. The molecule has 0 saturated carbocycles. The average Bonchev–Trinajstić information content (AvgIpc) is 1.61. The van der Waals surface area contributed by atoms with E-state index < -0.39 is 6.16 Å². The lowest BCUT2D eigenvalue weighted by molar-refractivity contribution is 0.0953. The minimum atomic E-state index is -1.39. The van der Waals surface area contributed by atoms with Crippen molar-refractivity contribution in [1.29, 1.82) is 0 Å². The van der Waals surface area contributed by atoms with E-state index in [4.69, 9.17) is 5.11 Å². The number of hydrogen-bond donors (Lipinski definition) is 1. The van der Waals surface area contributed by atoms with Crippen LogP contribution < -0.4 is 0 Å². The van der Waals surface area contributed by atoms with Crippen LogP contribution in [0.2, 0.25) is 0 Å². The van der Waals surface area contributed by atoms with Crippen LogP contribution in [-0.4, -0.2) is 17.5 Å². The Balaban J connectivity index is 3.14. The van der Waals surface area contributed by atoms with E-state index in [1.54, 1.807) is 6.92 Å². The minimum absolute atomic E-state index is 1.24. The molecule has 0 bridgehead atoms. The summed E-state index contributed by atoms with van der Waals surface area (Å²) in [4.78, 5) is 13.1. The Morgan fingerprint density at radius 3 is 2.71 bits per heavy atom. The lowest BCUT2D eigenvalue weighted by Crippen LogP contribution is -1.91. The van der Waals surface area contributed by atoms with E-state index in [-0.39, 0.29) is 0 Å². The van der Waals surface area contributed by atoms with Gasteiger partial charge in [-0.05, 0) is 6.92 Å². The number of rotatable bonds is 1. The van der Waals surface area contributed by atoms with Gasteiger partial charge in [0, 0.05) is 6.21 Å². The van der Waals surface area contributed by atoms with Gasteiger partial charge >= 0.3 is 6.16 Å². The molecule has 0 rings (SSSR count). The highest BCUT2D eigenvalue weighted by Crippen LogP contribution is 1.72. The van der Waals surface area contributed by atoms with Crippen LogP contribution >= 0.6 is 0 Å². The zero-order valence-corrected chi connectivity index (χ0v) is 3.79. The van der Waals surface area contributed by atoms with E-state index in [1.807, 2.05) is 0 Å². The Morgan fingerprint density at radius 1 is 2.00 bits per heavy atom. The standard InChI is InChI=1S/C3H5NO3/c1-2-4-7-3(5)6/h2H,1H3,(H,5,6)/b4-2+. The first-order chi connectivity index (χ1) is 3.27. The van der Waals surface area contributed by atoms with Crippen molar-refractivity contribution in [2.45, 2.75) is 6.92 Å². The molecule has 0 aliphatic carbocycles. The second kappa shape index (κ2) is 3.14. The second-order valence-electron chi connectivity index (χ2n) is 0.721. The van der Waals surface area contributed by atoms with Crippen LogP contribution in [-0.2, 0) is 4.84 Å². The quantitative estimate of drug-likeness (QED) is 0.301. The van der Waals surface area contributed by atoms with E-state index in [2.05, 4.69) is 9.99 Å². The van der Waals surface area contributed by atoms with E-state index in [0.29, 0.717) is 0 Å². The summed E-state index contributed by atoms with van der Waals surface area (Å²) in [6, 6.07) is 0. The Morgan fingerprint density at radius 2 is 2.57 bits per heavy atom. The highest BCUT2D eigenvalue weighted by Gasteiger charge is 1.87. The van der Waals surface area contributed by atoms with Gasteiger partial charge in [-0.2, -0.15) is 0 Å². The van der Waals surface area contributed by atoms with Gasteiger partial charge in [-0.1, -0.05) is 5.16 Å². The van der Waals surface area contributed by atoms with Crippen LogP contribution in [0.4, 0.5) is 4.79 Å². The zero-order valence-electron chi connectivity index (χ0n) is 3.79. The SMILES string of the molecule is C/C=N/OC(=O)O. The van der Waals surface area contributed by atoms with E-state index in [9.17, 15) is 4.79 Å². The molecule has 0 unspecified atom stereocenters. The molecule has 0 aromatic carbocycles. The van der Waals surface area contributed by atoms with Crippen LogP contribution in [0.5, 0.6) is 0 Å². The highest BCUT2D eigenvalue weighted by atomic mass is 16.7. The normalized spacial score (nSPS) is 9.29. The van der Waals surface area contributed by atoms with Crippen molar-refractivity contribution < 1.29 is 14.7 Å². The predicted molar refractivity (Wildman–Crippen MR) is 23.3 cm³/mol. The summed E-state index contributed by atoms with van der Waals surface area (Å²) in [5.41, 5.74) is 0. The van der Waals surface area contributed by atoms with Crippen molar-refractivity contribution in [2.75, 3.05) is 0 Å². The topological polar surface area (TPSA) is 58.9 Å². The number of carboxylic acid groups (broad SMARTS) is 1. The van der Waals surface area contributed by atoms with E-state index in [0.717, 1.165) is 0 Å². The van der Waals surface area contributed by atoms with Crippen molar-refractivity contribution in [3.8, 4) is 0 Å². The lowest BCUT2D eigenvalue weighted by atomic mass is 10.9. The maximum absolute atomic E-state index is 9.42. The largest absolute Gasteiger partial charge is 0.532 e. The van der Waals surface area contributed by atoms with Gasteiger partial charge in [-0.15, -0.1) is 0 Å². The fourth-order valence-corrected chi connectivity index (χ4v) is 0.0978. The van der Waals surface area contributed by atoms with Gasteiger partial charge in [0.05, 0.1) is 0 Å². The molecule has 0 aliphatic heterocycles. The van der Waals surface area contributed by atoms with Crippen molar-refractivity contribution in [3.05, 3.63) is 0 Å². The summed E-state index contributed by atoms with van der Waals surface area (Å²) in [6.07, 6.45) is -0.146. The van der Waals surface area contributed by atoms with Gasteiger partial charge in [0.25, 0.3) is 0 Å². The first kappa shape index (κ1) is 5.94. The molecular weight excluding hydrogens is 98.0 g/mol. The highest BCUT2D eigenvalue weighted by molar-refractivity contribution is 5.59. The maximum atomic E-state index is 9.42. The summed E-state index contributed by atoms with van der Waals surface area (Å²) < 4.78 is 0. The van der Waals surface area contributed by atoms with Crippen LogP contribution in [0, 0.1) is 0 Å². The zero-order chi connectivity index (χ0) is 5.70.